The van der Waals surface area contributed by atoms with Crippen molar-refractivity contribution < 1.29 is 14.3 Å². The second kappa shape index (κ2) is 6.45. The molecule has 0 spiro atoms. The maximum atomic E-state index is 12.7. The van der Waals surface area contributed by atoms with Gasteiger partial charge in [-0.05, 0) is 60.8 Å². The van der Waals surface area contributed by atoms with Gasteiger partial charge in [0.15, 0.2) is 11.5 Å². The highest BCUT2D eigenvalue weighted by Gasteiger charge is 2.33. The summed E-state index contributed by atoms with van der Waals surface area (Å²) in [6, 6.07) is 7.81. The Bertz CT molecular complexity index is 732. The molecule has 2 aliphatic rings. The summed E-state index contributed by atoms with van der Waals surface area (Å²) in [5, 5.41) is 7.29. The van der Waals surface area contributed by atoms with Gasteiger partial charge in [-0.2, -0.15) is 11.3 Å². The zero-order valence-corrected chi connectivity index (χ0v) is 14.3. The number of ether oxygens (including phenoxy) is 2. The molecule has 4 rings (SSSR count). The molecule has 5 nitrogen and oxygen atoms in total. The summed E-state index contributed by atoms with van der Waals surface area (Å²) >= 11 is 1.71. The number of nitrogens with zero attached hydrogens (tertiary/aromatic N) is 1. The summed E-state index contributed by atoms with van der Waals surface area (Å²) in [5.74, 6) is 1.41. The number of amides is 1. The number of hydrogen-bond acceptors (Lipinski definition) is 5. The van der Waals surface area contributed by atoms with Crippen molar-refractivity contribution in [2.75, 3.05) is 18.7 Å². The second-order valence-corrected chi connectivity index (χ2v) is 6.97. The number of likely N-dealkylation sites (tertiary alicyclic amines) is 1. The first kappa shape index (κ1) is 15.5. The molecular weight excluding hydrogens is 324 g/mol. The van der Waals surface area contributed by atoms with Crippen LogP contribution in [-0.4, -0.2) is 30.2 Å². The van der Waals surface area contributed by atoms with Crippen LogP contribution < -0.4 is 14.8 Å². The van der Waals surface area contributed by atoms with Crippen LogP contribution in [0.5, 0.6) is 11.5 Å². The van der Waals surface area contributed by atoms with Crippen molar-refractivity contribution in [3.8, 4) is 11.5 Å². The van der Waals surface area contributed by atoms with E-state index < -0.39 is 0 Å². The molecule has 3 heterocycles. The minimum Gasteiger partial charge on any atom is -0.454 e. The standard InChI is InChI=1S/C18H20N2O3S/c1-12(20-7-2-3-15(20)13-6-8-24-10-13)18(21)19-14-4-5-16-17(9-14)23-11-22-16/h4-6,8-10,12,15H,2-3,7,11H2,1H3,(H,19,21)/t12-,15-/m1/s1. The summed E-state index contributed by atoms with van der Waals surface area (Å²) in [7, 11) is 0. The first-order valence-electron chi connectivity index (χ1n) is 8.21. The van der Waals surface area contributed by atoms with E-state index in [2.05, 4.69) is 27.0 Å². The van der Waals surface area contributed by atoms with Crippen molar-refractivity contribution >= 4 is 22.9 Å². The van der Waals surface area contributed by atoms with Crippen LogP contribution in [0, 0.1) is 0 Å². The first-order chi connectivity index (χ1) is 11.7. The van der Waals surface area contributed by atoms with Gasteiger partial charge in [0.25, 0.3) is 0 Å². The lowest BCUT2D eigenvalue weighted by molar-refractivity contribution is -0.121. The number of nitrogens with one attached hydrogen (secondary N) is 1. The third-order valence-electron chi connectivity index (χ3n) is 4.74. The van der Waals surface area contributed by atoms with Gasteiger partial charge in [0.05, 0.1) is 6.04 Å². The molecule has 1 N–H and O–H groups in total. The highest BCUT2D eigenvalue weighted by atomic mass is 32.1. The van der Waals surface area contributed by atoms with Gasteiger partial charge in [-0.25, -0.2) is 0 Å². The van der Waals surface area contributed by atoms with E-state index in [0.717, 1.165) is 30.8 Å². The van der Waals surface area contributed by atoms with Crippen molar-refractivity contribution in [3.63, 3.8) is 0 Å². The molecule has 126 valence electrons. The van der Waals surface area contributed by atoms with Gasteiger partial charge in [-0.1, -0.05) is 0 Å². The van der Waals surface area contributed by atoms with Crippen molar-refractivity contribution in [2.24, 2.45) is 0 Å². The van der Waals surface area contributed by atoms with Gasteiger partial charge in [-0.15, -0.1) is 0 Å². The Morgan fingerprint density at radius 2 is 2.21 bits per heavy atom. The second-order valence-electron chi connectivity index (χ2n) is 6.19. The smallest absolute Gasteiger partial charge is 0.241 e. The fraction of sp³-hybridized carbons (Fsp3) is 0.389. The molecule has 1 amide bonds. The van der Waals surface area contributed by atoms with Crippen LogP contribution >= 0.6 is 11.3 Å². The van der Waals surface area contributed by atoms with E-state index in [1.807, 2.05) is 25.1 Å². The molecule has 1 aromatic heterocycles. The number of fused-ring (bicyclic) bond motifs is 1. The predicted octanol–water partition coefficient (Wildman–Crippen LogP) is 3.64. The number of rotatable bonds is 4. The highest BCUT2D eigenvalue weighted by molar-refractivity contribution is 7.07. The maximum absolute atomic E-state index is 12.7. The molecule has 0 aliphatic carbocycles. The van der Waals surface area contributed by atoms with Crippen LogP contribution in [0.1, 0.15) is 31.4 Å². The van der Waals surface area contributed by atoms with Crippen molar-refractivity contribution in [3.05, 3.63) is 40.6 Å². The van der Waals surface area contributed by atoms with E-state index in [0.29, 0.717) is 11.8 Å². The van der Waals surface area contributed by atoms with E-state index in [1.165, 1.54) is 5.56 Å². The number of carbonyl (C=O) groups is 1. The minimum absolute atomic E-state index is 0.0102. The Kier molecular flexibility index (Phi) is 4.16. The van der Waals surface area contributed by atoms with Gasteiger partial charge in [0, 0.05) is 17.8 Å². The molecule has 6 heteroatoms. The topological polar surface area (TPSA) is 50.8 Å². The van der Waals surface area contributed by atoms with Crippen LogP contribution in [0.4, 0.5) is 5.69 Å². The number of thiophene rings is 1. The summed E-state index contributed by atoms with van der Waals surface area (Å²) in [6.07, 6.45) is 2.24. The summed E-state index contributed by atoms with van der Waals surface area (Å²) in [4.78, 5) is 15.0. The van der Waals surface area contributed by atoms with Crippen LogP contribution in [0.3, 0.4) is 0 Å². The molecule has 0 saturated carbocycles. The lowest BCUT2D eigenvalue weighted by Crippen LogP contribution is -2.41. The molecule has 2 atom stereocenters. The van der Waals surface area contributed by atoms with E-state index in [9.17, 15) is 4.79 Å². The Morgan fingerprint density at radius 3 is 3.04 bits per heavy atom. The number of benzene rings is 1. The molecule has 0 radical (unpaired) electrons. The average Bonchev–Trinajstić information content (AvgIpc) is 3.32. The van der Waals surface area contributed by atoms with E-state index in [-0.39, 0.29) is 18.7 Å². The Balaban J connectivity index is 1.46. The monoisotopic (exact) mass is 344 g/mol. The van der Waals surface area contributed by atoms with Crippen LogP contribution in [0.2, 0.25) is 0 Å². The third kappa shape index (κ3) is 2.87. The normalized spacial score (nSPS) is 21.0. The fourth-order valence-corrected chi connectivity index (χ4v) is 4.15. The summed E-state index contributed by atoms with van der Waals surface area (Å²) < 4.78 is 10.7. The molecule has 24 heavy (non-hydrogen) atoms. The Hall–Kier alpha value is -2.05. The first-order valence-corrected chi connectivity index (χ1v) is 9.15. The van der Waals surface area contributed by atoms with Gasteiger partial charge in [0.1, 0.15) is 0 Å². The highest BCUT2D eigenvalue weighted by Crippen LogP contribution is 2.36. The zero-order chi connectivity index (χ0) is 16.5. The van der Waals surface area contributed by atoms with Crippen molar-refractivity contribution in [1.82, 2.24) is 4.90 Å². The lowest BCUT2D eigenvalue weighted by atomic mass is 10.1. The number of anilines is 1. The van der Waals surface area contributed by atoms with Crippen LogP contribution in [0.15, 0.2) is 35.0 Å². The predicted molar refractivity (Wildman–Crippen MR) is 93.7 cm³/mol. The lowest BCUT2D eigenvalue weighted by Gasteiger charge is -2.29. The van der Waals surface area contributed by atoms with Gasteiger partial charge >= 0.3 is 0 Å². The van der Waals surface area contributed by atoms with Crippen LogP contribution in [-0.2, 0) is 4.79 Å². The minimum atomic E-state index is -0.178. The molecule has 1 saturated heterocycles. The van der Waals surface area contributed by atoms with Crippen molar-refractivity contribution in [1.29, 1.82) is 0 Å². The Labute approximate surface area is 145 Å². The fourth-order valence-electron chi connectivity index (χ4n) is 3.45. The summed E-state index contributed by atoms with van der Waals surface area (Å²) in [5.41, 5.74) is 2.06. The van der Waals surface area contributed by atoms with Crippen molar-refractivity contribution in [2.45, 2.75) is 31.8 Å². The molecule has 2 aromatic rings. The SMILES string of the molecule is C[C@H](C(=O)Nc1ccc2c(c1)OCO2)N1CCC[C@@H]1c1ccsc1. The zero-order valence-electron chi connectivity index (χ0n) is 13.5. The number of carbonyl (C=O) groups excluding carboxylic acids is 1. The molecule has 1 fully saturated rings. The van der Waals surface area contributed by atoms with E-state index >= 15 is 0 Å². The average molecular weight is 344 g/mol. The van der Waals surface area contributed by atoms with Gasteiger partial charge < -0.3 is 14.8 Å². The third-order valence-corrected chi connectivity index (χ3v) is 5.44. The molecule has 0 bridgehead atoms. The van der Waals surface area contributed by atoms with Gasteiger partial charge in [-0.3, -0.25) is 9.69 Å². The van der Waals surface area contributed by atoms with E-state index in [1.54, 1.807) is 11.3 Å². The molecule has 0 unspecified atom stereocenters. The van der Waals surface area contributed by atoms with E-state index in [4.69, 9.17) is 9.47 Å². The quantitative estimate of drug-likeness (QED) is 0.920. The van der Waals surface area contributed by atoms with Crippen LogP contribution in [0.25, 0.3) is 0 Å². The molecular formula is C18H20N2O3S. The molecule has 1 aromatic carbocycles. The van der Waals surface area contributed by atoms with Gasteiger partial charge in [0.2, 0.25) is 12.7 Å². The Morgan fingerprint density at radius 1 is 1.33 bits per heavy atom. The summed E-state index contributed by atoms with van der Waals surface area (Å²) in [6.45, 7) is 3.17. The number of hydrogen-bond donors (Lipinski definition) is 1. The molecule has 2 aliphatic heterocycles. The maximum Gasteiger partial charge on any atom is 0.241 e. The largest absolute Gasteiger partial charge is 0.454 e.